The Morgan fingerprint density at radius 2 is 2.32 bits per heavy atom. The average molecular weight is 263 g/mol. The summed E-state index contributed by atoms with van der Waals surface area (Å²) >= 11 is 0. The molecule has 6 nitrogen and oxygen atoms in total. The third kappa shape index (κ3) is 2.25. The van der Waals surface area contributed by atoms with Crippen LogP contribution >= 0.6 is 0 Å². The standard InChI is InChI=1S/C13H21N5O/c1-9(11-17-15-8-18(11)2)16-12(19)10-7-13(10)3-5-14-6-4-13/h8-10,14H,3-7H2,1-2H3,(H,16,19). The molecule has 1 saturated carbocycles. The van der Waals surface area contributed by atoms with Crippen LogP contribution in [-0.2, 0) is 11.8 Å². The van der Waals surface area contributed by atoms with Gasteiger partial charge in [0.1, 0.15) is 6.33 Å². The molecular weight excluding hydrogens is 242 g/mol. The van der Waals surface area contributed by atoms with Gasteiger partial charge >= 0.3 is 0 Å². The second-order valence-corrected chi connectivity index (χ2v) is 5.90. The molecule has 19 heavy (non-hydrogen) atoms. The van der Waals surface area contributed by atoms with Gasteiger partial charge in [0, 0.05) is 13.0 Å². The molecule has 0 aromatic carbocycles. The molecule has 2 aliphatic rings. The van der Waals surface area contributed by atoms with Crippen molar-refractivity contribution in [2.24, 2.45) is 18.4 Å². The molecule has 1 aliphatic heterocycles. The first-order valence-electron chi connectivity index (χ1n) is 6.97. The summed E-state index contributed by atoms with van der Waals surface area (Å²) < 4.78 is 1.85. The van der Waals surface area contributed by atoms with Crippen LogP contribution in [0.2, 0.25) is 0 Å². The lowest BCUT2D eigenvalue weighted by Crippen LogP contribution is -2.35. The van der Waals surface area contributed by atoms with Crippen LogP contribution in [0.4, 0.5) is 0 Å². The summed E-state index contributed by atoms with van der Waals surface area (Å²) in [6.45, 7) is 4.05. The first kappa shape index (κ1) is 12.6. The second-order valence-electron chi connectivity index (χ2n) is 5.90. The van der Waals surface area contributed by atoms with Crippen LogP contribution in [0.5, 0.6) is 0 Å². The van der Waals surface area contributed by atoms with E-state index in [-0.39, 0.29) is 23.3 Å². The topological polar surface area (TPSA) is 71.8 Å². The Morgan fingerprint density at radius 3 is 2.95 bits per heavy atom. The Labute approximate surface area is 113 Å². The van der Waals surface area contributed by atoms with Gasteiger partial charge in [0.25, 0.3) is 0 Å². The van der Waals surface area contributed by atoms with E-state index in [1.807, 2.05) is 18.5 Å². The Kier molecular flexibility index (Phi) is 3.05. The molecule has 1 aromatic rings. The number of nitrogens with zero attached hydrogens (tertiary/aromatic N) is 3. The zero-order chi connectivity index (χ0) is 13.5. The Balaban J connectivity index is 1.59. The fourth-order valence-electron chi connectivity index (χ4n) is 3.26. The van der Waals surface area contributed by atoms with Gasteiger partial charge in [0.05, 0.1) is 6.04 Å². The maximum atomic E-state index is 12.3. The molecule has 2 heterocycles. The maximum absolute atomic E-state index is 12.3. The van der Waals surface area contributed by atoms with Crippen molar-refractivity contribution in [2.75, 3.05) is 13.1 Å². The predicted molar refractivity (Wildman–Crippen MR) is 70.2 cm³/mol. The molecule has 2 atom stereocenters. The molecule has 1 spiro atoms. The quantitative estimate of drug-likeness (QED) is 0.827. The highest BCUT2D eigenvalue weighted by molar-refractivity contribution is 5.82. The smallest absolute Gasteiger partial charge is 0.224 e. The van der Waals surface area contributed by atoms with Crippen molar-refractivity contribution in [1.82, 2.24) is 25.4 Å². The molecule has 0 radical (unpaired) electrons. The highest BCUT2D eigenvalue weighted by Crippen LogP contribution is 2.58. The van der Waals surface area contributed by atoms with E-state index < -0.39 is 0 Å². The summed E-state index contributed by atoms with van der Waals surface area (Å²) in [5.41, 5.74) is 0.287. The van der Waals surface area contributed by atoms with E-state index in [1.54, 1.807) is 6.33 Å². The normalized spacial score (nSPS) is 26.1. The lowest BCUT2D eigenvalue weighted by atomic mass is 9.91. The minimum Gasteiger partial charge on any atom is -0.346 e. The second kappa shape index (κ2) is 4.59. The van der Waals surface area contributed by atoms with E-state index in [9.17, 15) is 4.79 Å². The van der Waals surface area contributed by atoms with Crippen LogP contribution < -0.4 is 10.6 Å². The van der Waals surface area contributed by atoms with E-state index in [0.717, 1.165) is 38.2 Å². The van der Waals surface area contributed by atoms with E-state index in [2.05, 4.69) is 20.8 Å². The van der Waals surface area contributed by atoms with Crippen LogP contribution in [0.1, 0.15) is 38.1 Å². The average Bonchev–Trinajstić information content (AvgIpc) is 2.90. The minimum absolute atomic E-state index is 0.0839. The largest absolute Gasteiger partial charge is 0.346 e. The number of aryl methyl sites for hydroxylation is 1. The fraction of sp³-hybridized carbons (Fsp3) is 0.769. The Bertz CT molecular complexity index is 477. The van der Waals surface area contributed by atoms with Crippen LogP contribution in [-0.4, -0.2) is 33.8 Å². The zero-order valence-electron chi connectivity index (χ0n) is 11.5. The van der Waals surface area contributed by atoms with Gasteiger partial charge in [-0.3, -0.25) is 4.79 Å². The molecule has 1 aliphatic carbocycles. The summed E-state index contributed by atoms with van der Waals surface area (Å²) in [5.74, 6) is 1.18. The molecule has 1 aromatic heterocycles. The van der Waals surface area contributed by atoms with Crippen molar-refractivity contribution in [3.05, 3.63) is 12.2 Å². The number of amides is 1. The highest BCUT2D eigenvalue weighted by Gasteiger charge is 2.57. The molecule has 1 amide bonds. The number of hydrogen-bond acceptors (Lipinski definition) is 4. The third-order valence-corrected chi connectivity index (χ3v) is 4.60. The lowest BCUT2D eigenvalue weighted by Gasteiger charge is -2.23. The molecule has 2 N–H and O–H groups in total. The van der Waals surface area contributed by atoms with E-state index in [1.165, 1.54) is 0 Å². The summed E-state index contributed by atoms with van der Waals surface area (Å²) in [6, 6.07) is -0.0839. The van der Waals surface area contributed by atoms with Crippen LogP contribution in [0.15, 0.2) is 6.33 Å². The maximum Gasteiger partial charge on any atom is 0.224 e. The minimum atomic E-state index is -0.0839. The van der Waals surface area contributed by atoms with Crippen molar-refractivity contribution in [1.29, 1.82) is 0 Å². The predicted octanol–water partition coefficient (Wildman–Crippen LogP) is 0.382. The van der Waals surface area contributed by atoms with Gasteiger partial charge in [-0.25, -0.2) is 0 Å². The number of hydrogen-bond donors (Lipinski definition) is 2. The van der Waals surface area contributed by atoms with Crippen molar-refractivity contribution in [3.8, 4) is 0 Å². The molecule has 2 fully saturated rings. The molecule has 104 valence electrons. The van der Waals surface area contributed by atoms with Gasteiger partial charge in [0.15, 0.2) is 5.82 Å². The van der Waals surface area contributed by atoms with Gasteiger partial charge in [0.2, 0.25) is 5.91 Å². The summed E-state index contributed by atoms with van der Waals surface area (Å²) in [7, 11) is 1.89. The van der Waals surface area contributed by atoms with Crippen molar-refractivity contribution >= 4 is 5.91 Å². The fourth-order valence-corrected chi connectivity index (χ4v) is 3.26. The number of carbonyl (C=O) groups excluding carboxylic acids is 1. The van der Waals surface area contributed by atoms with E-state index >= 15 is 0 Å². The number of rotatable bonds is 3. The first-order chi connectivity index (χ1) is 9.12. The highest BCUT2D eigenvalue weighted by atomic mass is 16.2. The van der Waals surface area contributed by atoms with E-state index in [0.29, 0.717) is 0 Å². The van der Waals surface area contributed by atoms with Gasteiger partial charge in [-0.05, 0) is 44.7 Å². The van der Waals surface area contributed by atoms with Gasteiger partial charge in [-0.2, -0.15) is 0 Å². The number of aromatic nitrogens is 3. The van der Waals surface area contributed by atoms with Crippen molar-refractivity contribution in [2.45, 2.75) is 32.2 Å². The van der Waals surface area contributed by atoms with Gasteiger partial charge in [-0.1, -0.05) is 0 Å². The van der Waals surface area contributed by atoms with Crippen LogP contribution in [0.3, 0.4) is 0 Å². The lowest BCUT2D eigenvalue weighted by molar-refractivity contribution is -0.124. The monoisotopic (exact) mass is 263 g/mol. The van der Waals surface area contributed by atoms with Gasteiger partial charge in [-0.15, -0.1) is 10.2 Å². The molecule has 2 unspecified atom stereocenters. The zero-order valence-corrected chi connectivity index (χ0v) is 11.5. The van der Waals surface area contributed by atoms with Crippen molar-refractivity contribution in [3.63, 3.8) is 0 Å². The van der Waals surface area contributed by atoms with Crippen LogP contribution in [0, 0.1) is 11.3 Å². The molecule has 1 saturated heterocycles. The summed E-state index contributed by atoms with van der Waals surface area (Å²) in [5, 5.41) is 14.3. The molecule has 0 bridgehead atoms. The third-order valence-electron chi connectivity index (χ3n) is 4.60. The van der Waals surface area contributed by atoms with Crippen molar-refractivity contribution < 1.29 is 4.79 Å². The Hall–Kier alpha value is -1.43. The molecular formula is C13H21N5O. The Morgan fingerprint density at radius 1 is 1.58 bits per heavy atom. The first-order valence-corrected chi connectivity index (χ1v) is 6.97. The van der Waals surface area contributed by atoms with E-state index in [4.69, 9.17) is 0 Å². The number of nitrogens with one attached hydrogen (secondary N) is 2. The number of piperidine rings is 1. The molecule has 6 heteroatoms. The van der Waals surface area contributed by atoms with Gasteiger partial charge < -0.3 is 15.2 Å². The SMILES string of the molecule is CC(NC(=O)C1CC12CCNCC2)c1nncn1C. The summed E-state index contributed by atoms with van der Waals surface area (Å²) in [4.78, 5) is 12.3. The number of carbonyl (C=O) groups is 1. The van der Waals surface area contributed by atoms with Crippen LogP contribution in [0.25, 0.3) is 0 Å². The molecule has 3 rings (SSSR count). The summed E-state index contributed by atoms with van der Waals surface area (Å²) in [6.07, 6.45) is 4.96.